The lowest BCUT2D eigenvalue weighted by Gasteiger charge is -2.61. The second-order valence-electron chi connectivity index (χ2n) is 13.3. The van der Waals surface area contributed by atoms with Crippen LogP contribution in [0.3, 0.4) is 0 Å². The van der Waals surface area contributed by atoms with E-state index in [9.17, 15) is 14.4 Å². The smallest absolute Gasteiger partial charge is 0.414 e. The number of ketones is 1. The standard InChI is InChI=1S/C30H46N2O5/c1-7-11-28(4)15-23(37-27(35)31-26(34)21-17-32-14-10-20(21)16-32)29(5)18(2)8-12-30(19(3)25(28)33)13-9-22(36-6)24(29)30/h7,11,18-24H,8-10,12-17H2,1-6H3,(H,31,34,35)/b11-7+/t18-,19+,20+,21-,22-,23-,24?,28-,29+,30?/m1/s1. The summed E-state index contributed by atoms with van der Waals surface area (Å²) in [4.78, 5) is 42.9. The number of ether oxygens (including phenoxy) is 2. The van der Waals surface area contributed by atoms with E-state index in [0.717, 1.165) is 45.2 Å². The molecule has 5 aliphatic rings. The molecule has 0 spiro atoms. The molecule has 7 heteroatoms. The molecule has 4 bridgehead atoms. The average molecular weight is 515 g/mol. The Morgan fingerprint density at radius 1 is 1.11 bits per heavy atom. The van der Waals surface area contributed by atoms with Crippen LogP contribution in [0.15, 0.2) is 12.2 Å². The predicted molar refractivity (Wildman–Crippen MR) is 141 cm³/mol. The first-order valence-corrected chi connectivity index (χ1v) is 14.4. The van der Waals surface area contributed by atoms with Gasteiger partial charge in [0.2, 0.25) is 5.91 Å². The van der Waals surface area contributed by atoms with Gasteiger partial charge in [-0.15, -0.1) is 0 Å². The highest BCUT2D eigenvalue weighted by Gasteiger charge is 2.68. The zero-order valence-corrected chi connectivity index (χ0v) is 23.5. The van der Waals surface area contributed by atoms with Gasteiger partial charge in [0, 0.05) is 49.3 Å². The molecule has 11 atom stereocenters. The van der Waals surface area contributed by atoms with Crippen molar-refractivity contribution in [3.63, 3.8) is 0 Å². The van der Waals surface area contributed by atoms with Gasteiger partial charge >= 0.3 is 6.09 Å². The van der Waals surface area contributed by atoms with Gasteiger partial charge in [-0.05, 0) is 69.7 Å². The fourth-order valence-electron chi connectivity index (χ4n) is 9.56. The van der Waals surface area contributed by atoms with E-state index in [2.05, 4.69) is 31.0 Å². The number of alkyl carbamates (subject to hydrolysis) is 1. The largest absolute Gasteiger partial charge is 0.445 e. The minimum absolute atomic E-state index is 0.0213. The quantitative estimate of drug-likeness (QED) is 0.552. The number of Topliss-reactive ketones (excluding diaryl/α,β-unsaturated/α-hetero) is 1. The Morgan fingerprint density at radius 3 is 2.46 bits per heavy atom. The van der Waals surface area contributed by atoms with Crippen LogP contribution >= 0.6 is 0 Å². The maximum atomic E-state index is 14.2. The Kier molecular flexibility index (Phi) is 6.88. The zero-order chi connectivity index (χ0) is 26.8. The van der Waals surface area contributed by atoms with Crippen LogP contribution in [0.25, 0.3) is 0 Å². The van der Waals surface area contributed by atoms with E-state index in [-0.39, 0.29) is 52.3 Å². The summed E-state index contributed by atoms with van der Waals surface area (Å²) in [6.07, 6.45) is 8.04. The predicted octanol–water partition coefficient (Wildman–Crippen LogP) is 4.60. The number of hydrogen-bond donors (Lipinski definition) is 1. The molecule has 0 aromatic rings. The Labute approximate surface area is 222 Å². The van der Waals surface area contributed by atoms with Crippen molar-refractivity contribution in [2.75, 3.05) is 26.7 Å². The van der Waals surface area contributed by atoms with Gasteiger partial charge in [0.25, 0.3) is 0 Å². The molecule has 3 aliphatic carbocycles. The van der Waals surface area contributed by atoms with Gasteiger partial charge in [-0.2, -0.15) is 0 Å². The molecule has 1 N–H and O–H groups in total. The lowest BCUT2D eigenvalue weighted by Crippen LogP contribution is -2.63. The van der Waals surface area contributed by atoms with Crippen LogP contribution in [-0.4, -0.2) is 61.6 Å². The van der Waals surface area contributed by atoms with E-state index in [4.69, 9.17) is 9.47 Å². The molecule has 3 saturated carbocycles. The molecule has 3 unspecified atom stereocenters. The van der Waals surface area contributed by atoms with Crippen LogP contribution in [0, 0.1) is 45.8 Å². The first-order valence-electron chi connectivity index (χ1n) is 14.4. The van der Waals surface area contributed by atoms with Gasteiger partial charge in [-0.3, -0.25) is 14.9 Å². The number of fused-ring (bicyclic) bond motifs is 2. The summed E-state index contributed by atoms with van der Waals surface area (Å²) in [5.41, 5.74) is -1.30. The molecule has 7 nitrogen and oxygen atoms in total. The average Bonchev–Trinajstić information content (AvgIpc) is 3.59. The molecule has 206 valence electrons. The third-order valence-corrected chi connectivity index (χ3v) is 11.8. The molecule has 0 radical (unpaired) electrons. The first-order chi connectivity index (χ1) is 17.5. The van der Waals surface area contributed by atoms with Crippen molar-refractivity contribution >= 4 is 17.8 Å². The van der Waals surface area contributed by atoms with Gasteiger partial charge in [-0.1, -0.05) is 32.9 Å². The van der Waals surface area contributed by atoms with Gasteiger partial charge in [0.05, 0.1) is 12.0 Å². The van der Waals surface area contributed by atoms with Crippen molar-refractivity contribution in [1.82, 2.24) is 10.2 Å². The Balaban J connectivity index is 1.49. The molecule has 2 amide bonds. The second kappa shape index (κ2) is 9.48. The number of allylic oxidation sites excluding steroid dienone is 2. The Bertz CT molecular complexity index is 981. The number of carbonyl (C=O) groups is 3. The molecular weight excluding hydrogens is 468 g/mol. The number of hydrogen-bond acceptors (Lipinski definition) is 6. The molecule has 2 aliphatic heterocycles. The Hall–Kier alpha value is -1.73. The number of piperidine rings is 1. The number of nitrogens with zero attached hydrogens (tertiary/aromatic N) is 1. The monoisotopic (exact) mass is 514 g/mol. The number of imide groups is 1. The van der Waals surface area contributed by atoms with Crippen molar-refractivity contribution in [3.8, 4) is 0 Å². The molecular formula is C30H46N2O5. The van der Waals surface area contributed by atoms with Crippen molar-refractivity contribution < 1.29 is 23.9 Å². The highest BCUT2D eigenvalue weighted by atomic mass is 16.6. The summed E-state index contributed by atoms with van der Waals surface area (Å²) in [5, 5.41) is 2.60. The van der Waals surface area contributed by atoms with Crippen LogP contribution in [0.4, 0.5) is 4.79 Å². The summed E-state index contributed by atoms with van der Waals surface area (Å²) in [6, 6.07) is 0. The molecule has 2 saturated heterocycles. The number of carbonyl (C=O) groups excluding carboxylic acids is 3. The lowest BCUT2D eigenvalue weighted by molar-refractivity contribution is -0.189. The summed E-state index contributed by atoms with van der Waals surface area (Å²) in [6.45, 7) is 13.3. The SMILES string of the molecule is C/C=C/[C@]1(C)C[C@@H](OC(=O)NC(=O)[C@@H]2CN3CC[C@H]2C3)[C@@]2(C)C3[C@H](OC)CCC3(CC[C@H]2C)[C@@H](C)C1=O. The number of rotatable bonds is 4. The van der Waals surface area contributed by atoms with Crippen LogP contribution in [0.2, 0.25) is 0 Å². The summed E-state index contributed by atoms with van der Waals surface area (Å²) >= 11 is 0. The fraction of sp³-hybridized carbons (Fsp3) is 0.833. The highest BCUT2D eigenvalue weighted by molar-refractivity contribution is 5.94. The van der Waals surface area contributed by atoms with Crippen LogP contribution in [-0.2, 0) is 19.1 Å². The van der Waals surface area contributed by atoms with E-state index in [1.807, 2.05) is 26.0 Å². The van der Waals surface area contributed by atoms with Gasteiger partial charge < -0.3 is 14.4 Å². The van der Waals surface area contributed by atoms with Gasteiger partial charge in [0.1, 0.15) is 11.9 Å². The topological polar surface area (TPSA) is 84.9 Å². The fourth-order valence-corrected chi connectivity index (χ4v) is 9.56. The summed E-state index contributed by atoms with van der Waals surface area (Å²) in [5.74, 6) is 0.455. The van der Waals surface area contributed by atoms with E-state index in [0.29, 0.717) is 18.9 Å². The second-order valence-corrected chi connectivity index (χ2v) is 13.3. The third kappa shape index (κ3) is 4.02. The molecule has 37 heavy (non-hydrogen) atoms. The first kappa shape index (κ1) is 26.9. The van der Waals surface area contributed by atoms with Gasteiger partial charge in [0.15, 0.2) is 0 Å². The molecule has 2 heterocycles. The number of methoxy groups -OCH3 is 1. The highest BCUT2D eigenvalue weighted by Crippen LogP contribution is 2.68. The molecule has 5 rings (SSSR count). The van der Waals surface area contributed by atoms with Gasteiger partial charge in [-0.25, -0.2) is 4.79 Å². The minimum atomic E-state index is -0.748. The number of amides is 2. The molecule has 5 fully saturated rings. The summed E-state index contributed by atoms with van der Waals surface area (Å²) < 4.78 is 12.4. The normalized spacial score (nSPS) is 49.0. The van der Waals surface area contributed by atoms with Crippen LogP contribution in [0.1, 0.15) is 73.1 Å². The molecule has 0 aromatic heterocycles. The minimum Gasteiger partial charge on any atom is -0.445 e. The Morgan fingerprint density at radius 2 is 1.84 bits per heavy atom. The maximum Gasteiger partial charge on any atom is 0.414 e. The molecule has 0 aromatic carbocycles. The van der Waals surface area contributed by atoms with Crippen LogP contribution in [0.5, 0.6) is 0 Å². The van der Waals surface area contributed by atoms with Crippen LogP contribution < -0.4 is 5.32 Å². The van der Waals surface area contributed by atoms with E-state index in [1.54, 1.807) is 7.11 Å². The lowest BCUT2D eigenvalue weighted by atomic mass is 9.44. The third-order valence-electron chi connectivity index (χ3n) is 11.8. The van der Waals surface area contributed by atoms with Crippen molar-refractivity contribution in [1.29, 1.82) is 0 Å². The van der Waals surface area contributed by atoms with E-state index >= 15 is 0 Å². The summed E-state index contributed by atoms with van der Waals surface area (Å²) in [7, 11) is 1.77. The van der Waals surface area contributed by atoms with Crippen molar-refractivity contribution in [3.05, 3.63) is 12.2 Å². The van der Waals surface area contributed by atoms with E-state index < -0.39 is 17.6 Å². The van der Waals surface area contributed by atoms with E-state index in [1.165, 1.54) is 0 Å². The van der Waals surface area contributed by atoms with Crippen molar-refractivity contribution in [2.24, 2.45) is 45.8 Å². The zero-order valence-electron chi connectivity index (χ0n) is 23.5. The number of nitrogens with one attached hydrogen (secondary N) is 1. The van der Waals surface area contributed by atoms with Crippen molar-refractivity contribution in [2.45, 2.75) is 85.4 Å². The maximum absolute atomic E-state index is 14.2.